The summed E-state index contributed by atoms with van der Waals surface area (Å²) in [6, 6.07) is 12.7. The van der Waals surface area contributed by atoms with Crippen LogP contribution in [0.3, 0.4) is 0 Å². The van der Waals surface area contributed by atoms with Crippen molar-refractivity contribution in [2.75, 3.05) is 6.73 Å². The van der Waals surface area contributed by atoms with E-state index in [2.05, 4.69) is 0 Å². The molecule has 0 spiro atoms. The monoisotopic (exact) mass is 287 g/mol. The minimum Gasteiger partial charge on any atom is -0.470 e. The third-order valence-corrected chi connectivity index (χ3v) is 3.62. The second-order valence-electron chi connectivity index (χ2n) is 5.00. The van der Waals surface area contributed by atoms with Crippen molar-refractivity contribution < 1.29 is 19.0 Å². The van der Waals surface area contributed by atoms with E-state index in [0.29, 0.717) is 11.1 Å². The standard InChI is InChI=1S/C16H14FNO3/c1-16(20)12-7-3-2-6-11(12)15(19)18(16)10-21-14-9-5-4-8-13(14)17/h2-9,20H,10H2,1H3. The summed E-state index contributed by atoms with van der Waals surface area (Å²) in [4.78, 5) is 13.5. The van der Waals surface area contributed by atoms with E-state index in [1.54, 1.807) is 36.4 Å². The van der Waals surface area contributed by atoms with E-state index in [1.165, 1.54) is 24.0 Å². The van der Waals surface area contributed by atoms with Gasteiger partial charge in [0.15, 0.2) is 24.0 Å². The zero-order valence-corrected chi connectivity index (χ0v) is 11.4. The van der Waals surface area contributed by atoms with Crippen LogP contribution in [0.25, 0.3) is 0 Å². The lowest BCUT2D eigenvalue weighted by atomic mass is 10.0. The Morgan fingerprint density at radius 2 is 1.86 bits per heavy atom. The molecule has 1 N–H and O–H groups in total. The average molecular weight is 287 g/mol. The molecule has 0 fully saturated rings. The predicted molar refractivity (Wildman–Crippen MR) is 74.1 cm³/mol. The molecule has 108 valence electrons. The summed E-state index contributed by atoms with van der Waals surface area (Å²) in [6.07, 6.45) is 0. The van der Waals surface area contributed by atoms with Gasteiger partial charge in [0.05, 0.1) is 0 Å². The molecule has 21 heavy (non-hydrogen) atoms. The fourth-order valence-electron chi connectivity index (χ4n) is 2.45. The molecule has 4 nitrogen and oxygen atoms in total. The van der Waals surface area contributed by atoms with Crippen LogP contribution in [0.4, 0.5) is 4.39 Å². The maximum atomic E-state index is 13.5. The van der Waals surface area contributed by atoms with Gasteiger partial charge < -0.3 is 9.84 Å². The molecule has 0 bridgehead atoms. The number of carbonyl (C=O) groups excluding carboxylic acids is 1. The molecule has 0 aromatic heterocycles. The summed E-state index contributed by atoms with van der Waals surface area (Å²) in [7, 11) is 0. The van der Waals surface area contributed by atoms with Gasteiger partial charge in [-0.3, -0.25) is 9.69 Å². The molecule has 1 unspecified atom stereocenters. The number of ether oxygens (including phenoxy) is 1. The summed E-state index contributed by atoms with van der Waals surface area (Å²) < 4.78 is 18.9. The van der Waals surface area contributed by atoms with Gasteiger partial charge in [0.2, 0.25) is 0 Å². The van der Waals surface area contributed by atoms with E-state index in [4.69, 9.17) is 4.74 Å². The molecule has 0 saturated heterocycles. The van der Waals surface area contributed by atoms with Crippen molar-refractivity contribution in [3.8, 4) is 5.75 Å². The summed E-state index contributed by atoms with van der Waals surface area (Å²) in [5.74, 6) is -0.815. The largest absolute Gasteiger partial charge is 0.470 e. The van der Waals surface area contributed by atoms with Crippen molar-refractivity contribution in [1.82, 2.24) is 4.90 Å². The van der Waals surface area contributed by atoms with Gasteiger partial charge in [-0.1, -0.05) is 30.3 Å². The number of hydrogen-bond donors (Lipinski definition) is 1. The molecule has 3 rings (SSSR count). The first-order valence-corrected chi connectivity index (χ1v) is 6.53. The number of para-hydroxylation sites is 1. The van der Waals surface area contributed by atoms with Gasteiger partial charge in [-0.05, 0) is 25.1 Å². The molecule has 1 atom stereocenters. The van der Waals surface area contributed by atoms with Gasteiger partial charge in [0.1, 0.15) is 0 Å². The van der Waals surface area contributed by atoms with Crippen LogP contribution >= 0.6 is 0 Å². The lowest BCUT2D eigenvalue weighted by molar-refractivity contribution is -0.0937. The van der Waals surface area contributed by atoms with Crippen molar-refractivity contribution in [3.05, 3.63) is 65.5 Å². The Bertz CT molecular complexity index is 699. The van der Waals surface area contributed by atoms with E-state index in [9.17, 15) is 14.3 Å². The number of fused-ring (bicyclic) bond motifs is 1. The first kappa shape index (κ1) is 13.6. The number of hydrogen-bond acceptors (Lipinski definition) is 3. The quantitative estimate of drug-likeness (QED) is 0.943. The second-order valence-corrected chi connectivity index (χ2v) is 5.00. The molecule has 0 radical (unpaired) electrons. The number of benzene rings is 2. The SMILES string of the molecule is CC1(O)c2ccccc2C(=O)N1COc1ccccc1F. The van der Waals surface area contributed by atoms with Gasteiger partial charge >= 0.3 is 0 Å². The Hall–Kier alpha value is -2.40. The molecule has 1 amide bonds. The average Bonchev–Trinajstić information content (AvgIpc) is 2.67. The van der Waals surface area contributed by atoms with Crippen LogP contribution in [0.15, 0.2) is 48.5 Å². The number of amides is 1. The van der Waals surface area contributed by atoms with Crippen molar-refractivity contribution in [1.29, 1.82) is 0 Å². The zero-order valence-electron chi connectivity index (χ0n) is 11.4. The minimum atomic E-state index is -1.47. The maximum Gasteiger partial charge on any atom is 0.259 e. The molecule has 0 saturated carbocycles. The smallest absolute Gasteiger partial charge is 0.259 e. The van der Waals surface area contributed by atoms with Crippen LogP contribution in [-0.4, -0.2) is 22.6 Å². The predicted octanol–water partition coefficient (Wildman–Crippen LogP) is 2.48. The van der Waals surface area contributed by atoms with Gasteiger partial charge in [-0.2, -0.15) is 0 Å². The van der Waals surface area contributed by atoms with Crippen LogP contribution in [0.5, 0.6) is 5.75 Å². The first-order valence-electron chi connectivity index (χ1n) is 6.53. The highest BCUT2D eigenvalue weighted by Crippen LogP contribution is 2.36. The van der Waals surface area contributed by atoms with Crippen LogP contribution < -0.4 is 4.74 Å². The highest BCUT2D eigenvalue weighted by molar-refractivity contribution is 5.99. The van der Waals surface area contributed by atoms with Crippen molar-refractivity contribution in [3.63, 3.8) is 0 Å². The Morgan fingerprint density at radius 3 is 2.57 bits per heavy atom. The number of aliphatic hydroxyl groups is 1. The molecule has 1 aliphatic rings. The Morgan fingerprint density at radius 1 is 1.19 bits per heavy atom. The topological polar surface area (TPSA) is 49.8 Å². The minimum absolute atomic E-state index is 0.0389. The molecule has 1 heterocycles. The van der Waals surface area contributed by atoms with Crippen molar-refractivity contribution in [2.24, 2.45) is 0 Å². The third kappa shape index (κ3) is 2.15. The Labute approximate surface area is 121 Å². The summed E-state index contributed by atoms with van der Waals surface area (Å²) >= 11 is 0. The molecule has 5 heteroatoms. The maximum absolute atomic E-state index is 13.5. The lowest BCUT2D eigenvalue weighted by Crippen LogP contribution is -2.43. The van der Waals surface area contributed by atoms with Crippen LogP contribution in [-0.2, 0) is 5.72 Å². The van der Waals surface area contributed by atoms with E-state index in [1.807, 2.05) is 0 Å². The van der Waals surface area contributed by atoms with Crippen molar-refractivity contribution >= 4 is 5.91 Å². The van der Waals surface area contributed by atoms with Crippen LogP contribution in [0.2, 0.25) is 0 Å². The number of rotatable bonds is 3. The lowest BCUT2D eigenvalue weighted by Gasteiger charge is -2.30. The third-order valence-electron chi connectivity index (χ3n) is 3.62. The molecule has 2 aromatic carbocycles. The van der Waals surface area contributed by atoms with E-state index in [0.717, 1.165) is 0 Å². The zero-order chi connectivity index (χ0) is 15.0. The van der Waals surface area contributed by atoms with Gasteiger partial charge in [0, 0.05) is 11.1 Å². The van der Waals surface area contributed by atoms with Crippen molar-refractivity contribution in [2.45, 2.75) is 12.6 Å². The number of carbonyl (C=O) groups is 1. The number of nitrogens with zero attached hydrogens (tertiary/aromatic N) is 1. The molecule has 2 aromatic rings. The number of halogens is 1. The molecule has 1 aliphatic heterocycles. The van der Waals surface area contributed by atoms with Gasteiger partial charge in [-0.25, -0.2) is 4.39 Å². The van der Waals surface area contributed by atoms with Gasteiger partial charge in [-0.15, -0.1) is 0 Å². The van der Waals surface area contributed by atoms with Crippen LogP contribution in [0, 0.1) is 5.82 Å². The summed E-state index contributed by atoms with van der Waals surface area (Å²) in [6.45, 7) is 1.28. The molecule has 0 aliphatic carbocycles. The summed E-state index contributed by atoms with van der Waals surface area (Å²) in [5.41, 5.74) is -0.523. The summed E-state index contributed by atoms with van der Waals surface area (Å²) in [5, 5.41) is 10.6. The fourth-order valence-corrected chi connectivity index (χ4v) is 2.45. The first-order chi connectivity index (χ1) is 10.0. The highest BCUT2D eigenvalue weighted by atomic mass is 19.1. The van der Waals surface area contributed by atoms with E-state index < -0.39 is 11.5 Å². The fraction of sp³-hybridized carbons (Fsp3) is 0.188. The Balaban J connectivity index is 1.84. The van der Waals surface area contributed by atoms with Crippen LogP contribution in [0.1, 0.15) is 22.8 Å². The molecular formula is C16H14FNO3. The highest BCUT2D eigenvalue weighted by Gasteiger charge is 2.45. The molecular weight excluding hydrogens is 273 g/mol. The normalized spacial score (nSPS) is 20.5. The van der Waals surface area contributed by atoms with E-state index in [-0.39, 0.29) is 18.4 Å². The Kier molecular flexibility index (Phi) is 3.14. The van der Waals surface area contributed by atoms with Gasteiger partial charge in [0.25, 0.3) is 5.91 Å². The second kappa shape index (κ2) is 4.86. The van der Waals surface area contributed by atoms with E-state index >= 15 is 0 Å².